The lowest BCUT2D eigenvalue weighted by Crippen LogP contribution is -2.29. The summed E-state index contributed by atoms with van der Waals surface area (Å²) in [7, 11) is 0. The summed E-state index contributed by atoms with van der Waals surface area (Å²) >= 11 is 0. The predicted octanol–water partition coefficient (Wildman–Crippen LogP) is 6.06. The lowest BCUT2D eigenvalue weighted by atomic mass is 9.67. The second kappa shape index (κ2) is 7.45. The molecule has 0 heterocycles. The summed E-state index contributed by atoms with van der Waals surface area (Å²) in [6.45, 7) is 3.62. The first kappa shape index (κ1) is 20.7. The van der Waals surface area contributed by atoms with Crippen LogP contribution in [0.4, 0.5) is 0 Å². The summed E-state index contributed by atoms with van der Waals surface area (Å²) in [4.78, 5) is 23.4. The van der Waals surface area contributed by atoms with Gasteiger partial charge in [0.05, 0.1) is 16.5 Å². The summed E-state index contributed by atoms with van der Waals surface area (Å²) in [5.41, 5.74) is 7.52. The van der Waals surface area contributed by atoms with Gasteiger partial charge in [-0.1, -0.05) is 72.8 Å². The van der Waals surface area contributed by atoms with Gasteiger partial charge in [0.15, 0.2) is 0 Å². The van der Waals surface area contributed by atoms with Crippen LogP contribution in [0.25, 0.3) is 11.1 Å². The molecule has 0 bridgehead atoms. The number of hydrogen-bond donors (Lipinski definition) is 2. The van der Waals surface area contributed by atoms with Crippen molar-refractivity contribution < 1.29 is 19.8 Å². The zero-order chi connectivity index (χ0) is 23.3. The lowest BCUT2D eigenvalue weighted by molar-refractivity contribution is 0.0685. The molecule has 4 aromatic rings. The first-order valence-corrected chi connectivity index (χ1v) is 10.7. The molecule has 0 spiro atoms. The number of fused-ring (bicyclic) bond motifs is 3. The lowest BCUT2D eigenvalue weighted by Gasteiger charge is -2.34. The number of aryl methyl sites for hydroxylation is 2. The number of carboxylic acids is 2. The molecule has 0 fully saturated rings. The van der Waals surface area contributed by atoms with Crippen LogP contribution in [0.15, 0.2) is 84.9 Å². The van der Waals surface area contributed by atoms with E-state index in [1.54, 1.807) is 12.1 Å². The van der Waals surface area contributed by atoms with Crippen LogP contribution in [0.2, 0.25) is 0 Å². The molecule has 4 aromatic carbocycles. The van der Waals surface area contributed by atoms with Crippen LogP contribution in [-0.4, -0.2) is 22.2 Å². The molecule has 0 aliphatic heterocycles. The van der Waals surface area contributed by atoms with Crippen molar-refractivity contribution in [3.63, 3.8) is 0 Å². The minimum absolute atomic E-state index is 0.269. The monoisotopic (exact) mass is 434 g/mol. The topological polar surface area (TPSA) is 74.6 Å². The first-order chi connectivity index (χ1) is 15.9. The molecule has 1 aliphatic carbocycles. The molecule has 1 aliphatic rings. The zero-order valence-electron chi connectivity index (χ0n) is 18.3. The maximum Gasteiger partial charge on any atom is 0.335 e. The molecule has 2 N–H and O–H groups in total. The highest BCUT2D eigenvalue weighted by Gasteiger charge is 2.46. The molecular formula is C29H22O4. The number of aromatic carboxylic acids is 2. The van der Waals surface area contributed by atoms with Gasteiger partial charge < -0.3 is 10.2 Å². The minimum atomic E-state index is -0.957. The molecule has 5 rings (SSSR count). The van der Waals surface area contributed by atoms with Crippen molar-refractivity contribution in [1.82, 2.24) is 0 Å². The third-order valence-electron chi connectivity index (χ3n) is 6.73. The van der Waals surface area contributed by atoms with Crippen LogP contribution in [-0.2, 0) is 5.41 Å². The number of carboxylic acid groups (broad SMARTS) is 2. The van der Waals surface area contributed by atoms with Gasteiger partial charge in [-0.05, 0) is 70.5 Å². The number of benzene rings is 4. The Bertz CT molecular complexity index is 1340. The second-order valence-corrected chi connectivity index (χ2v) is 8.51. The van der Waals surface area contributed by atoms with E-state index >= 15 is 0 Å². The number of rotatable bonds is 4. The van der Waals surface area contributed by atoms with E-state index < -0.39 is 17.4 Å². The molecule has 33 heavy (non-hydrogen) atoms. The molecule has 0 radical (unpaired) electrons. The van der Waals surface area contributed by atoms with Gasteiger partial charge in [0.2, 0.25) is 0 Å². The largest absolute Gasteiger partial charge is 0.478 e. The van der Waals surface area contributed by atoms with E-state index in [9.17, 15) is 19.8 Å². The van der Waals surface area contributed by atoms with E-state index in [1.807, 2.05) is 62.4 Å². The van der Waals surface area contributed by atoms with E-state index in [0.717, 1.165) is 33.4 Å². The Morgan fingerprint density at radius 2 is 1.00 bits per heavy atom. The van der Waals surface area contributed by atoms with Gasteiger partial charge in [0, 0.05) is 0 Å². The van der Waals surface area contributed by atoms with E-state index in [4.69, 9.17) is 0 Å². The average Bonchev–Trinajstić information content (AvgIpc) is 3.10. The molecule has 0 aromatic heterocycles. The summed E-state index contributed by atoms with van der Waals surface area (Å²) in [6, 6.07) is 27.5. The van der Waals surface area contributed by atoms with Crippen LogP contribution in [0.3, 0.4) is 0 Å². The SMILES string of the molecule is Cc1cc(C2(c3ccc(C(=O)O)c(C)c3)c3ccccc3-c3ccccc32)ccc1C(=O)O. The zero-order valence-corrected chi connectivity index (χ0v) is 18.3. The maximum absolute atomic E-state index is 11.7. The van der Waals surface area contributed by atoms with Gasteiger partial charge in [-0.25, -0.2) is 9.59 Å². The fraction of sp³-hybridized carbons (Fsp3) is 0.103. The Labute approximate surface area is 191 Å². The summed E-state index contributed by atoms with van der Waals surface area (Å²) in [5, 5.41) is 19.2. The molecule has 0 unspecified atom stereocenters. The highest BCUT2D eigenvalue weighted by molar-refractivity contribution is 5.92. The van der Waals surface area contributed by atoms with Crippen LogP contribution in [0, 0.1) is 13.8 Å². The van der Waals surface area contributed by atoms with Crippen molar-refractivity contribution >= 4 is 11.9 Å². The average molecular weight is 434 g/mol. The van der Waals surface area contributed by atoms with Gasteiger partial charge in [-0.15, -0.1) is 0 Å². The minimum Gasteiger partial charge on any atom is -0.478 e. The van der Waals surface area contributed by atoms with E-state index in [0.29, 0.717) is 11.1 Å². The van der Waals surface area contributed by atoms with Crippen LogP contribution in [0.1, 0.15) is 54.1 Å². The third-order valence-corrected chi connectivity index (χ3v) is 6.73. The fourth-order valence-corrected chi connectivity index (χ4v) is 5.30. The molecule has 4 heteroatoms. The smallest absolute Gasteiger partial charge is 0.335 e. The predicted molar refractivity (Wildman–Crippen MR) is 127 cm³/mol. The van der Waals surface area contributed by atoms with Gasteiger partial charge in [-0.2, -0.15) is 0 Å². The van der Waals surface area contributed by atoms with E-state index in [-0.39, 0.29) is 11.1 Å². The Balaban J connectivity index is 1.92. The van der Waals surface area contributed by atoms with E-state index in [1.165, 1.54) is 0 Å². The van der Waals surface area contributed by atoms with Gasteiger partial charge in [0.1, 0.15) is 0 Å². The molecular weight excluding hydrogens is 412 g/mol. The first-order valence-electron chi connectivity index (χ1n) is 10.7. The van der Waals surface area contributed by atoms with Crippen LogP contribution >= 0.6 is 0 Å². The van der Waals surface area contributed by atoms with Crippen molar-refractivity contribution in [2.75, 3.05) is 0 Å². The summed E-state index contributed by atoms with van der Waals surface area (Å²) < 4.78 is 0. The van der Waals surface area contributed by atoms with Crippen molar-refractivity contribution in [1.29, 1.82) is 0 Å². The molecule has 162 valence electrons. The molecule has 0 saturated heterocycles. The van der Waals surface area contributed by atoms with Crippen molar-refractivity contribution in [3.8, 4) is 11.1 Å². The Morgan fingerprint density at radius 3 is 1.36 bits per heavy atom. The standard InChI is InChI=1S/C29H22O4/c1-17-15-19(11-13-21(17)27(30)31)29(20-12-14-22(28(32)33)18(2)16-20)25-9-5-3-7-23(25)24-8-4-6-10-26(24)29/h3-16H,1-2H3,(H,30,31)(H,32,33). The maximum atomic E-state index is 11.7. The molecule has 4 nitrogen and oxygen atoms in total. The molecule has 0 amide bonds. The van der Waals surface area contributed by atoms with Gasteiger partial charge in [0.25, 0.3) is 0 Å². The van der Waals surface area contributed by atoms with Crippen molar-refractivity contribution in [2.45, 2.75) is 19.3 Å². The van der Waals surface area contributed by atoms with E-state index in [2.05, 4.69) is 24.3 Å². The van der Waals surface area contributed by atoms with Crippen LogP contribution in [0.5, 0.6) is 0 Å². The van der Waals surface area contributed by atoms with Crippen LogP contribution < -0.4 is 0 Å². The summed E-state index contributed by atoms with van der Waals surface area (Å²) in [6.07, 6.45) is 0. The Kier molecular flexibility index (Phi) is 4.68. The van der Waals surface area contributed by atoms with Gasteiger partial charge in [-0.3, -0.25) is 0 Å². The highest BCUT2D eigenvalue weighted by Crippen LogP contribution is 2.56. The van der Waals surface area contributed by atoms with Crippen molar-refractivity contribution in [2.24, 2.45) is 0 Å². The molecule has 0 saturated carbocycles. The Hall–Kier alpha value is -4.18. The number of carbonyl (C=O) groups is 2. The quantitative estimate of drug-likeness (QED) is 0.360. The molecule has 0 atom stereocenters. The van der Waals surface area contributed by atoms with Gasteiger partial charge >= 0.3 is 11.9 Å². The summed E-state index contributed by atoms with van der Waals surface area (Å²) in [5.74, 6) is -1.91. The normalized spacial score (nSPS) is 13.3. The number of hydrogen-bond acceptors (Lipinski definition) is 2. The third kappa shape index (κ3) is 2.91. The highest BCUT2D eigenvalue weighted by atomic mass is 16.4. The van der Waals surface area contributed by atoms with Crippen molar-refractivity contribution in [3.05, 3.63) is 129 Å². The second-order valence-electron chi connectivity index (χ2n) is 8.51. The fourth-order valence-electron chi connectivity index (χ4n) is 5.30. The Morgan fingerprint density at radius 1 is 0.606 bits per heavy atom.